The van der Waals surface area contributed by atoms with Crippen LogP contribution in [0, 0.1) is 0 Å². The predicted octanol–water partition coefficient (Wildman–Crippen LogP) is 1.05. The average molecular weight is 229 g/mol. The molecule has 0 radical (unpaired) electrons. The van der Waals surface area contributed by atoms with E-state index < -0.39 is 0 Å². The first kappa shape index (κ1) is 12.0. The number of nitrogens with zero attached hydrogens (tertiary/aromatic N) is 2. The highest BCUT2D eigenvalue weighted by Crippen LogP contribution is 2.13. The molecule has 0 aliphatic carbocycles. The lowest BCUT2D eigenvalue weighted by Gasteiger charge is -2.01. The molecule has 0 saturated carbocycles. The zero-order valence-electron chi connectivity index (χ0n) is 8.95. The van der Waals surface area contributed by atoms with Gasteiger partial charge in [0, 0.05) is 13.0 Å². The Bertz CT molecular complexity index is 383. The summed E-state index contributed by atoms with van der Waals surface area (Å²) in [6.45, 7) is 4.45. The van der Waals surface area contributed by atoms with Crippen LogP contribution < -0.4 is 5.69 Å². The Balaban J connectivity index is 2.68. The number of Topliss-reactive ketones (excluding diaryl/α,β-unsaturated/α-hetero) is 1. The normalized spacial score (nSPS) is 10.5. The minimum atomic E-state index is -0.205. The van der Waals surface area contributed by atoms with Crippen molar-refractivity contribution in [3.8, 4) is 0 Å². The predicted molar refractivity (Wildman–Crippen MR) is 59.2 cm³/mol. The molecule has 1 aromatic rings. The molecule has 0 spiro atoms. The van der Waals surface area contributed by atoms with E-state index in [2.05, 4.69) is 10.2 Å². The second kappa shape index (κ2) is 5.75. The molecule has 1 rings (SSSR count). The SMILES string of the molecule is CCCn1c(SCC(=O)CC)n[nH]c1=O. The van der Waals surface area contributed by atoms with Crippen LogP contribution in [-0.2, 0) is 11.3 Å². The van der Waals surface area contributed by atoms with E-state index in [0.29, 0.717) is 23.9 Å². The molecule has 0 atom stereocenters. The lowest BCUT2D eigenvalue weighted by Crippen LogP contribution is -2.17. The lowest BCUT2D eigenvalue weighted by molar-refractivity contribution is -0.116. The molecule has 1 N–H and O–H groups in total. The number of carbonyl (C=O) groups excluding carboxylic acids is 1. The second-order valence-electron chi connectivity index (χ2n) is 3.14. The first-order valence-electron chi connectivity index (χ1n) is 4.98. The topological polar surface area (TPSA) is 67.8 Å². The van der Waals surface area contributed by atoms with E-state index in [0.717, 1.165) is 6.42 Å². The van der Waals surface area contributed by atoms with E-state index in [4.69, 9.17) is 0 Å². The van der Waals surface area contributed by atoms with Crippen LogP contribution in [0.5, 0.6) is 0 Å². The third-order valence-electron chi connectivity index (χ3n) is 1.93. The largest absolute Gasteiger partial charge is 0.343 e. The molecule has 0 aliphatic heterocycles. The first-order chi connectivity index (χ1) is 7.19. The van der Waals surface area contributed by atoms with Gasteiger partial charge in [0.25, 0.3) is 0 Å². The number of thioether (sulfide) groups is 1. The van der Waals surface area contributed by atoms with Crippen molar-refractivity contribution in [3.63, 3.8) is 0 Å². The van der Waals surface area contributed by atoms with Gasteiger partial charge in [-0.1, -0.05) is 25.6 Å². The summed E-state index contributed by atoms with van der Waals surface area (Å²) >= 11 is 1.31. The maximum Gasteiger partial charge on any atom is 0.343 e. The summed E-state index contributed by atoms with van der Waals surface area (Å²) in [6.07, 6.45) is 1.39. The summed E-state index contributed by atoms with van der Waals surface area (Å²) in [5.41, 5.74) is -0.205. The molecule has 0 saturated heterocycles. The van der Waals surface area contributed by atoms with Crippen LogP contribution in [0.25, 0.3) is 0 Å². The molecule has 15 heavy (non-hydrogen) atoms. The van der Waals surface area contributed by atoms with Gasteiger partial charge in [-0.05, 0) is 6.42 Å². The number of H-pyrrole nitrogens is 1. The Hall–Kier alpha value is -1.04. The van der Waals surface area contributed by atoms with E-state index in [9.17, 15) is 9.59 Å². The van der Waals surface area contributed by atoms with Gasteiger partial charge in [0.2, 0.25) is 0 Å². The van der Waals surface area contributed by atoms with Gasteiger partial charge in [-0.3, -0.25) is 9.36 Å². The maximum absolute atomic E-state index is 11.3. The third-order valence-corrected chi connectivity index (χ3v) is 2.96. The number of ketones is 1. The van der Waals surface area contributed by atoms with Gasteiger partial charge in [0.05, 0.1) is 5.75 Å². The van der Waals surface area contributed by atoms with Crippen LogP contribution in [-0.4, -0.2) is 26.3 Å². The van der Waals surface area contributed by atoms with Crippen molar-refractivity contribution in [1.29, 1.82) is 0 Å². The van der Waals surface area contributed by atoms with Crippen molar-refractivity contribution < 1.29 is 4.79 Å². The van der Waals surface area contributed by atoms with E-state index >= 15 is 0 Å². The Morgan fingerprint density at radius 1 is 1.53 bits per heavy atom. The molecule has 1 aromatic heterocycles. The van der Waals surface area contributed by atoms with E-state index in [1.54, 1.807) is 4.57 Å². The van der Waals surface area contributed by atoms with Gasteiger partial charge in [0.1, 0.15) is 5.78 Å². The Labute approximate surface area is 92.3 Å². The number of aromatic amines is 1. The average Bonchev–Trinajstić information content (AvgIpc) is 2.58. The number of nitrogens with one attached hydrogen (secondary N) is 1. The molecule has 0 fully saturated rings. The summed E-state index contributed by atoms with van der Waals surface area (Å²) in [5.74, 6) is 0.545. The fourth-order valence-electron chi connectivity index (χ4n) is 1.08. The van der Waals surface area contributed by atoms with Gasteiger partial charge < -0.3 is 0 Å². The Kier molecular flexibility index (Phi) is 4.61. The molecule has 0 aliphatic rings. The van der Waals surface area contributed by atoms with Gasteiger partial charge in [-0.2, -0.15) is 0 Å². The maximum atomic E-state index is 11.3. The molecule has 0 bridgehead atoms. The standard InChI is InChI=1S/C9H15N3O2S/c1-3-5-12-8(14)10-11-9(12)15-6-7(13)4-2/h3-6H2,1-2H3,(H,10,14). The number of aromatic nitrogens is 3. The van der Waals surface area contributed by atoms with Gasteiger partial charge >= 0.3 is 5.69 Å². The summed E-state index contributed by atoms with van der Waals surface area (Å²) in [7, 11) is 0. The summed E-state index contributed by atoms with van der Waals surface area (Å²) in [4.78, 5) is 22.4. The molecule has 0 amide bonds. The van der Waals surface area contributed by atoms with Gasteiger partial charge in [-0.25, -0.2) is 9.89 Å². The van der Waals surface area contributed by atoms with Crippen LogP contribution in [0.1, 0.15) is 26.7 Å². The summed E-state index contributed by atoms with van der Waals surface area (Å²) in [5, 5.41) is 6.87. The van der Waals surface area contributed by atoms with E-state index in [-0.39, 0.29) is 11.5 Å². The van der Waals surface area contributed by atoms with Gasteiger partial charge in [-0.15, -0.1) is 5.10 Å². The van der Waals surface area contributed by atoms with Gasteiger partial charge in [0.15, 0.2) is 5.16 Å². The zero-order chi connectivity index (χ0) is 11.3. The first-order valence-corrected chi connectivity index (χ1v) is 5.97. The highest BCUT2D eigenvalue weighted by Gasteiger charge is 2.09. The molecular formula is C9H15N3O2S. The minimum Gasteiger partial charge on any atom is -0.299 e. The van der Waals surface area contributed by atoms with Crippen molar-refractivity contribution in [2.75, 3.05) is 5.75 Å². The minimum absolute atomic E-state index is 0.165. The zero-order valence-corrected chi connectivity index (χ0v) is 9.76. The molecule has 5 nitrogen and oxygen atoms in total. The number of hydrogen-bond donors (Lipinski definition) is 1. The molecule has 1 heterocycles. The summed E-state index contributed by atoms with van der Waals surface area (Å²) < 4.78 is 1.56. The van der Waals surface area contributed by atoms with Crippen LogP contribution in [0.4, 0.5) is 0 Å². The number of rotatable bonds is 6. The van der Waals surface area contributed by atoms with Crippen molar-refractivity contribution in [3.05, 3.63) is 10.5 Å². The van der Waals surface area contributed by atoms with Crippen molar-refractivity contribution in [2.45, 2.75) is 38.4 Å². The third kappa shape index (κ3) is 3.23. The lowest BCUT2D eigenvalue weighted by atomic mass is 10.4. The van der Waals surface area contributed by atoms with E-state index in [1.165, 1.54) is 11.8 Å². The van der Waals surface area contributed by atoms with E-state index in [1.807, 2.05) is 13.8 Å². The molecule has 0 unspecified atom stereocenters. The van der Waals surface area contributed by atoms with Crippen molar-refractivity contribution >= 4 is 17.5 Å². The van der Waals surface area contributed by atoms with Crippen LogP contribution in [0.3, 0.4) is 0 Å². The van der Waals surface area contributed by atoms with Crippen LogP contribution >= 0.6 is 11.8 Å². The second-order valence-corrected chi connectivity index (χ2v) is 4.09. The summed E-state index contributed by atoms with van der Waals surface area (Å²) in [6, 6.07) is 0. The van der Waals surface area contributed by atoms with Crippen molar-refractivity contribution in [1.82, 2.24) is 14.8 Å². The number of hydrogen-bond acceptors (Lipinski definition) is 4. The van der Waals surface area contributed by atoms with Crippen LogP contribution in [0.2, 0.25) is 0 Å². The monoisotopic (exact) mass is 229 g/mol. The number of carbonyl (C=O) groups is 1. The smallest absolute Gasteiger partial charge is 0.299 e. The fourth-order valence-corrected chi connectivity index (χ4v) is 2.02. The molecular weight excluding hydrogens is 214 g/mol. The Morgan fingerprint density at radius 2 is 2.27 bits per heavy atom. The van der Waals surface area contributed by atoms with Crippen molar-refractivity contribution in [2.24, 2.45) is 0 Å². The fraction of sp³-hybridized carbons (Fsp3) is 0.667. The quantitative estimate of drug-likeness (QED) is 0.740. The molecule has 0 aromatic carbocycles. The highest BCUT2D eigenvalue weighted by atomic mass is 32.2. The van der Waals surface area contributed by atoms with Crippen LogP contribution in [0.15, 0.2) is 9.95 Å². The molecule has 84 valence electrons. The Morgan fingerprint density at radius 3 is 2.87 bits per heavy atom. The molecule has 6 heteroatoms. The highest BCUT2D eigenvalue weighted by molar-refractivity contribution is 7.99.